The molecule has 0 aromatic heterocycles. The minimum absolute atomic E-state index is 0.664. The largest absolute Gasteiger partial charge is 0.493 e. The number of hydrogen-bond acceptors (Lipinski definition) is 6. The lowest BCUT2D eigenvalue weighted by molar-refractivity contribution is 0.111. The molecule has 7 aliphatic rings. The molecule has 6 heteroatoms. The maximum atomic E-state index is 5.42. The van der Waals surface area contributed by atoms with Gasteiger partial charge in [0.1, 0.15) is 19.0 Å². The van der Waals surface area contributed by atoms with Crippen LogP contribution in [0.5, 0.6) is 17.2 Å². The van der Waals surface area contributed by atoms with Crippen LogP contribution >= 0.6 is 0 Å². The highest BCUT2D eigenvalue weighted by molar-refractivity contribution is 5.82. The Morgan fingerprint density at radius 3 is 1.01 bits per heavy atom. The van der Waals surface area contributed by atoms with Crippen molar-refractivity contribution in [1.29, 1.82) is 0 Å². The zero-order chi connectivity index (χ0) is 57.3. The molecule has 0 radical (unpaired) electrons. The summed E-state index contributed by atoms with van der Waals surface area (Å²) in [6, 6.07) is 87.6. The Morgan fingerprint density at radius 1 is 0.226 bits per heavy atom. The zero-order valence-corrected chi connectivity index (χ0v) is 48.9. The van der Waals surface area contributed by atoms with E-state index in [2.05, 4.69) is 175 Å². The van der Waals surface area contributed by atoms with Crippen LogP contribution in [0.15, 0.2) is 255 Å². The summed E-state index contributed by atoms with van der Waals surface area (Å²) >= 11 is 0. The standard InChI is InChI=1S/C10H12.C10H8.C9H11N.2C9H10O.C9H10.C8H8O2.C8H8O.C6H6/c2*1-2-6-10-8-4-3-7-9(10)5-1;1-2-4-9-7-10-6-5-8(9)3-1;1-2-6-9-8(4-1)5-3-7-10-9;1-2-4-9-7-10-6-5-8(9)3-1;1-2-5-9-7-3-6-8(9)4-1;1-2-4-8-7(3-1)9-5-6-10-8;1-2-4-8-6-9-5-7(8)3-1;1-2-4-6-5-3-1/h1-2,5-6H,3-4,7-8H2;1-8H;1-4,10H,5-7H2;1-2,4,6H,3,5,7H2;1-4H,5-7H2;1-2,4-5H,3,6-7H2;1-4H,5-6H2;1-4H,5-6H2;1-6H. The van der Waals surface area contributed by atoms with Crippen LogP contribution in [0, 0.1) is 0 Å². The van der Waals surface area contributed by atoms with Gasteiger partial charge in [-0.05, 0) is 167 Å². The van der Waals surface area contributed by atoms with Crippen molar-refractivity contribution in [1.82, 2.24) is 5.32 Å². The molecule has 430 valence electrons. The first kappa shape index (κ1) is 60.3. The maximum absolute atomic E-state index is 5.42. The predicted molar refractivity (Wildman–Crippen MR) is 346 cm³/mol. The third-order valence-corrected chi connectivity index (χ3v) is 15.4. The Balaban J connectivity index is 0.000000114. The highest BCUT2D eigenvalue weighted by Crippen LogP contribution is 2.29. The second-order valence-corrected chi connectivity index (χ2v) is 21.3. The van der Waals surface area contributed by atoms with Crippen molar-refractivity contribution in [3.8, 4) is 17.2 Å². The number of nitrogens with one attached hydrogen (secondary N) is 1. The SMILES string of the molecule is c1ccc2c(c1)CCC2.c1ccc2c(c1)CCCC2.c1ccc2c(c1)CCCO2.c1ccc2c(c1)CCNC2.c1ccc2c(c1)CCOC2.c1ccc2c(c1)COC2.c1ccc2c(c1)OCCO2.c1ccc2ccccc2c1.c1ccccc1. The molecule has 0 saturated carbocycles. The highest BCUT2D eigenvalue weighted by Gasteiger charge is 2.12. The van der Waals surface area contributed by atoms with Gasteiger partial charge in [-0.1, -0.05) is 237 Å². The number of ether oxygens (including phenoxy) is 5. The number of fused-ring (bicyclic) bond motifs is 8. The molecule has 1 N–H and O–H groups in total. The molecule has 0 amide bonds. The van der Waals surface area contributed by atoms with Gasteiger partial charge < -0.3 is 29.0 Å². The van der Waals surface area contributed by atoms with E-state index < -0.39 is 0 Å². The summed E-state index contributed by atoms with van der Waals surface area (Å²) < 4.78 is 26.5. The Labute approximate surface area is 500 Å². The van der Waals surface area contributed by atoms with Gasteiger partial charge in [-0.25, -0.2) is 0 Å². The molecule has 0 unspecified atom stereocenters. The average molecular weight is 1110 g/mol. The molecule has 17 rings (SSSR count). The van der Waals surface area contributed by atoms with Crippen LogP contribution in [0.3, 0.4) is 0 Å². The van der Waals surface area contributed by atoms with Gasteiger partial charge in [0.05, 0.1) is 33.0 Å². The molecule has 0 spiro atoms. The molecule has 0 bridgehead atoms. The van der Waals surface area contributed by atoms with E-state index in [4.69, 9.17) is 23.7 Å². The Morgan fingerprint density at radius 2 is 0.560 bits per heavy atom. The van der Waals surface area contributed by atoms with Crippen molar-refractivity contribution in [2.75, 3.05) is 33.0 Å². The molecule has 2 aliphatic carbocycles. The van der Waals surface area contributed by atoms with Gasteiger partial charge in [0.25, 0.3) is 0 Å². The third kappa shape index (κ3) is 20.0. The zero-order valence-electron chi connectivity index (χ0n) is 48.9. The van der Waals surface area contributed by atoms with Gasteiger partial charge in [-0.3, -0.25) is 0 Å². The Hall–Kier alpha value is -8.26. The van der Waals surface area contributed by atoms with Crippen LogP contribution in [0.1, 0.15) is 86.9 Å². The first-order chi connectivity index (χ1) is 41.7. The Bertz CT molecular complexity index is 2860. The second-order valence-electron chi connectivity index (χ2n) is 21.3. The van der Waals surface area contributed by atoms with E-state index in [-0.39, 0.29) is 0 Å². The van der Waals surface area contributed by atoms with Gasteiger partial charge in [-0.2, -0.15) is 0 Å². The quantitative estimate of drug-likeness (QED) is 0.163. The van der Waals surface area contributed by atoms with E-state index in [1.54, 1.807) is 22.3 Å². The van der Waals surface area contributed by atoms with Gasteiger partial charge in [0.15, 0.2) is 11.5 Å². The second kappa shape index (κ2) is 35.0. The van der Waals surface area contributed by atoms with Gasteiger partial charge in [0.2, 0.25) is 0 Å². The van der Waals surface area contributed by atoms with Crippen molar-refractivity contribution in [3.05, 3.63) is 316 Å². The minimum atomic E-state index is 0.664. The average Bonchev–Trinajstić information content (AvgIpc) is 4.35. The first-order valence-corrected chi connectivity index (χ1v) is 30.4. The summed E-state index contributed by atoms with van der Waals surface area (Å²) in [5.74, 6) is 2.79. The third-order valence-electron chi connectivity index (χ3n) is 15.4. The van der Waals surface area contributed by atoms with Gasteiger partial charge in [0, 0.05) is 6.54 Å². The van der Waals surface area contributed by atoms with Crippen LogP contribution in [0.2, 0.25) is 0 Å². The number of rotatable bonds is 0. The van der Waals surface area contributed by atoms with Gasteiger partial charge in [-0.15, -0.1) is 0 Å². The fourth-order valence-corrected chi connectivity index (χ4v) is 10.8. The topological polar surface area (TPSA) is 58.2 Å². The number of para-hydroxylation sites is 3. The summed E-state index contributed by atoms with van der Waals surface area (Å²) in [7, 11) is 0. The molecule has 5 heterocycles. The summed E-state index contributed by atoms with van der Waals surface area (Å²) in [4.78, 5) is 0. The summed E-state index contributed by atoms with van der Waals surface area (Å²) in [6.45, 7) is 7.69. The molecule has 0 fully saturated rings. The molecule has 5 aliphatic heterocycles. The van der Waals surface area contributed by atoms with E-state index >= 15 is 0 Å². The van der Waals surface area contributed by atoms with Crippen LogP contribution in [-0.4, -0.2) is 33.0 Å². The lowest BCUT2D eigenvalue weighted by Crippen LogP contribution is -2.23. The molecule has 10 aromatic rings. The van der Waals surface area contributed by atoms with Crippen molar-refractivity contribution in [3.63, 3.8) is 0 Å². The van der Waals surface area contributed by atoms with E-state index in [1.165, 1.54) is 108 Å². The van der Waals surface area contributed by atoms with E-state index in [0.717, 1.165) is 76.2 Å². The fraction of sp³-hybridized carbons (Fsp3) is 0.256. The van der Waals surface area contributed by atoms with Crippen LogP contribution in [0.25, 0.3) is 10.8 Å². The fourth-order valence-electron chi connectivity index (χ4n) is 10.8. The lowest BCUT2D eigenvalue weighted by Gasteiger charge is -2.17. The summed E-state index contributed by atoms with van der Waals surface area (Å²) in [5, 5.41) is 5.96. The van der Waals surface area contributed by atoms with E-state index in [1.807, 2.05) is 84.9 Å². The smallest absolute Gasteiger partial charge is 0.161 e. The summed E-state index contributed by atoms with van der Waals surface area (Å²) in [6.07, 6.45) is 14.0. The molecule has 0 atom stereocenters. The van der Waals surface area contributed by atoms with Gasteiger partial charge >= 0.3 is 0 Å². The molecule has 6 nitrogen and oxygen atoms in total. The summed E-state index contributed by atoms with van der Waals surface area (Å²) in [5.41, 5.74) is 16.1. The number of aryl methyl sites for hydroxylation is 5. The molecular formula is C78H83NO5. The number of benzene rings is 10. The lowest BCUT2D eigenvalue weighted by atomic mass is 9.92. The molecule has 0 saturated heterocycles. The Kier molecular flexibility index (Phi) is 25.1. The van der Waals surface area contributed by atoms with Crippen molar-refractivity contribution < 1.29 is 23.7 Å². The van der Waals surface area contributed by atoms with Crippen molar-refractivity contribution in [2.45, 2.75) is 97.0 Å². The van der Waals surface area contributed by atoms with Crippen molar-refractivity contribution in [2.24, 2.45) is 0 Å². The molecule has 10 aromatic carbocycles. The van der Waals surface area contributed by atoms with Crippen LogP contribution < -0.4 is 19.5 Å². The van der Waals surface area contributed by atoms with Crippen molar-refractivity contribution >= 4 is 10.8 Å². The first-order valence-electron chi connectivity index (χ1n) is 30.4. The molecule has 84 heavy (non-hydrogen) atoms. The normalized spacial score (nSPS) is 14.6. The maximum Gasteiger partial charge on any atom is 0.161 e. The monoisotopic (exact) mass is 1110 g/mol. The van der Waals surface area contributed by atoms with Crippen LogP contribution in [-0.2, 0) is 80.8 Å². The number of hydrogen-bond donors (Lipinski definition) is 1. The predicted octanol–water partition coefficient (Wildman–Crippen LogP) is 17.5. The minimum Gasteiger partial charge on any atom is -0.493 e. The van der Waals surface area contributed by atoms with Crippen LogP contribution in [0.4, 0.5) is 0 Å². The van der Waals surface area contributed by atoms with E-state index in [0.29, 0.717) is 13.2 Å². The molecular weight excluding hydrogens is 1030 g/mol. The van der Waals surface area contributed by atoms with E-state index in [9.17, 15) is 0 Å². The highest BCUT2D eigenvalue weighted by atomic mass is 16.6.